The third-order valence-corrected chi connectivity index (χ3v) is 3.60. The summed E-state index contributed by atoms with van der Waals surface area (Å²) in [5.74, 6) is 1.24. The topological polar surface area (TPSA) is 54.7 Å². The van der Waals surface area contributed by atoms with Gasteiger partial charge in [-0.25, -0.2) is 0 Å². The van der Waals surface area contributed by atoms with Crippen molar-refractivity contribution >= 4 is 5.91 Å². The molecule has 1 N–H and O–H groups in total. The minimum Gasteiger partial charge on any atom is -0.469 e. The van der Waals surface area contributed by atoms with Gasteiger partial charge in [0.1, 0.15) is 5.76 Å². The van der Waals surface area contributed by atoms with Crippen LogP contribution >= 0.6 is 0 Å². The molecule has 0 saturated carbocycles. The van der Waals surface area contributed by atoms with E-state index in [4.69, 9.17) is 9.15 Å². The minimum atomic E-state index is 0.221. The Kier molecular flexibility index (Phi) is 6.08. The van der Waals surface area contributed by atoms with Crippen LogP contribution in [0.15, 0.2) is 22.8 Å². The Morgan fingerprint density at radius 2 is 2.25 bits per heavy atom. The highest BCUT2D eigenvalue weighted by atomic mass is 16.5. The number of nitrogens with one attached hydrogen (secondary N) is 1. The second-order valence-electron chi connectivity index (χ2n) is 5.22. The maximum atomic E-state index is 11.9. The van der Waals surface area contributed by atoms with Gasteiger partial charge in [-0.15, -0.1) is 0 Å². The standard InChI is InChI=1S/C15H24N2O3/c1-13(4-5-14-3-2-10-20-14)16-7-6-15(18)17-8-11-19-12-9-17/h2-3,10,13,16H,4-9,11-12H2,1H3. The third kappa shape index (κ3) is 4.98. The van der Waals surface area contributed by atoms with E-state index < -0.39 is 0 Å². The molecule has 112 valence electrons. The van der Waals surface area contributed by atoms with E-state index in [-0.39, 0.29) is 5.91 Å². The van der Waals surface area contributed by atoms with E-state index in [2.05, 4.69) is 12.2 Å². The van der Waals surface area contributed by atoms with Gasteiger partial charge < -0.3 is 19.4 Å². The molecule has 0 aliphatic carbocycles. The number of rotatable bonds is 7. The Labute approximate surface area is 120 Å². The van der Waals surface area contributed by atoms with Crippen LogP contribution in [0, 0.1) is 0 Å². The number of carbonyl (C=O) groups is 1. The molecule has 20 heavy (non-hydrogen) atoms. The Bertz CT molecular complexity index is 386. The second kappa shape index (κ2) is 8.07. The number of ether oxygens (including phenoxy) is 1. The van der Waals surface area contributed by atoms with Crippen molar-refractivity contribution in [3.05, 3.63) is 24.2 Å². The van der Waals surface area contributed by atoms with Gasteiger partial charge in [-0.1, -0.05) is 0 Å². The van der Waals surface area contributed by atoms with Crippen molar-refractivity contribution in [2.75, 3.05) is 32.8 Å². The summed E-state index contributed by atoms with van der Waals surface area (Å²) in [7, 11) is 0. The normalized spacial score (nSPS) is 17.1. The van der Waals surface area contributed by atoms with Gasteiger partial charge in [-0.2, -0.15) is 0 Å². The van der Waals surface area contributed by atoms with Crippen molar-refractivity contribution in [2.45, 2.75) is 32.2 Å². The van der Waals surface area contributed by atoms with E-state index >= 15 is 0 Å². The van der Waals surface area contributed by atoms with Crippen LogP contribution in [-0.2, 0) is 16.0 Å². The van der Waals surface area contributed by atoms with Crippen LogP contribution in [0.3, 0.4) is 0 Å². The predicted octanol–water partition coefficient (Wildman–Crippen LogP) is 1.44. The summed E-state index contributed by atoms with van der Waals surface area (Å²) >= 11 is 0. The maximum Gasteiger partial charge on any atom is 0.224 e. The molecular formula is C15H24N2O3. The van der Waals surface area contributed by atoms with Gasteiger partial charge >= 0.3 is 0 Å². The molecule has 1 amide bonds. The molecule has 1 unspecified atom stereocenters. The van der Waals surface area contributed by atoms with Gasteiger partial charge in [0, 0.05) is 38.5 Å². The van der Waals surface area contributed by atoms with Crippen LogP contribution in [0.2, 0.25) is 0 Å². The van der Waals surface area contributed by atoms with E-state index in [1.807, 2.05) is 17.0 Å². The zero-order valence-electron chi connectivity index (χ0n) is 12.1. The van der Waals surface area contributed by atoms with Crippen LogP contribution in [0.1, 0.15) is 25.5 Å². The van der Waals surface area contributed by atoms with E-state index in [1.165, 1.54) is 0 Å². The Hall–Kier alpha value is -1.33. The quantitative estimate of drug-likeness (QED) is 0.821. The lowest BCUT2D eigenvalue weighted by atomic mass is 10.1. The zero-order chi connectivity index (χ0) is 14.2. The molecule has 1 aliphatic rings. The summed E-state index contributed by atoms with van der Waals surface area (Å²) in [6.07, 6.45) is 4.21. The fourth-order valence-electron chi connectivity index (χ4n) is 2.31. The first kappa shape index (κ1) is 15.1. The van der Waals surface area contributed by atoms with Crippen LogP contribution in [0.25, 0.3) is 0 Å². The first-order chi connectivity index (χ1) is 9.75. The molecule has 1 aromatic rings. The summed E-state index contributed by atoms with van der Waals surface area (Å²) in [6, 6.07) is 4.29. The average Bonchev–Trinajstić information content (AvgIpc) is 2.99. The van der Waals surface area contributed by atoms with Crippen LogP contribution in [0.5, 0.6) is 0 Å². The van der Waals surface area contributed by atoms with Gasteiger partial charge in [-0.3, -0.25) is 4.79 Å². The van der Waals surface area contributed by atoms with E-state index in [0.29, 0.717) is 25.7 Å². The molecule has 5 heteroatoms. The molecule has 1 aromatic heterocycles. The number of furan rings is 1. The molecule has 0 aromatic carbocycles. The highest BCUT2D eigenvalue weighted by Gasteiger charge is 2.16. The highest BCUT2D eigenvalue weighted by molar-refractivity contribution is 5.76. The average molecular weight is 280 g/mol. The molecule has 2 rings (SSSR count). The van der Waals surface area contributed by atoms with Crippen molar-refractivity contribution in [2.24, 2.45) is 0 Å². The molecule has 5 nitrogen and oxygen atoms in total. The largest absolute Gasteiger partial charge is 0.469 e. The SMILES string of the molecule is CC(CCc1ccco1)NCCC(=O)N1CCOCC1. The Morgan fingerprint density at radius 3 is 2.95 bits per heavy atom. The molecule has 1 aliphatic heterocycles. The zero-order valence-corrected chi connectivity index (χ0v) is 12.1. The number of hydrogen-bond donors (Lipinski definition) is 1. The molecule has 1 fully saturated rings. The molecule has 2 heterocycles. The van der Waals surface area contributed by atoms with E-state index in [9.17, 15) is 4.79 Å². The Morgan fingerprint density at radius 1 is 1.45 bits per heavy atom. The summed E-state index contributed by atoms with van der Waals surface area (Å²) in [5.41, 5.74) is 0. The molecule has 0 radical (unpaired) electrons. The smallest absolute Gasteiger partial charge is 0.224 e. The molecular weight excluding hydrogens is 256 g/mol. The number of morpholine rings is 1. The Balaban J connectivity index is 1.56. The van der Waals surface area contributed by atoms with Gasteiger partial charge in [0.25, 0.3) is 0 Å². The van der Waals surface area contributed by atoms with Crippen molar-refractivity contribution in [1.29, 1.82) is 0 Å². The fourth-order valence-corrected chi connectivity index (χ4v) is 2.31. The number of amides is 1. The van der Waals surface area contributed by atoms with Crippen LogP contribution < -0.4 is 5.32 Å². The highest BCUT2D eigenvalue weighted by Crippen LogP contribution is 2.06. The van der Waals surface area contributed by atoms with Gasteiger partial charge in [0.15, 0.2) is 0 Å². The van der Waals surface area contributed by atoms with E-state index in [1.54, 1.807) is 6.26 Å². The molecule has 0 bridgehead atoms. The number of hydrogen-bond acceptors (Lipinski definition) is 4. The van der Waals surface area contributed by atoms with Crippen LogP contribution in [0.4, 0.5) is 0 Å². The summed E-state index contributed by atoms with van der Waals surface area (Å²) in [6.45, 7) is 5.66. The molecule has 1 saturated heterocycles. The van der Waals surface area contributed by atoms with Gasteiger partial charge in [-0.05, 0) is 25.5 Å². The predicted molar refractivity (Wildman–Crippen MR) is 76.5 cm³/mol. The lowest BCUT2D eigenvalue weighted by Gasteiger charge is -2.27. The van der Waals surface area contributed by atoms with Gasteiger partial charge in [0.2, 0.25) is 5.91 Å². The molecule has 1 atom stereocenters. The van der Waals surface area contributed by atoms with Crippen LogP contribution in [-0.4, -0.2) is 49.7 Å². The van der Waals surface area contributed by atoms with Crippen molar-refractivity contribution in [3.8, 4) is 0 Å². The number of nitrogens with zero attached hydrogens (tertiary/aromatic N) is 1. The third-order valence-electron chi connectivity index (χ3n) is 3.60. The lowest BCUT2D eigenvalue weighted by Crippen LogP contribution is -2.42. The van der Waals surface area contributed by atoms with Crippen molar-refractivity contribution in [3.63, 3.8) is 0 Å². The fraction of sp³-hybridized carbons (Fsp3) is 0.667. The minimum absolute atomic E-state index is 0.221. The summed E-state index contributed by atoms with van der Waals surface area (Å²) in [5, 5.41) is 3.39. The number of aryl methyl sites for hydroxylation is 1. The summed E-state index contributed by atoms with van der Waals surface area (Å²) < 4.78 is 10.5. The van der Waals surface area contributed by atoms with E-state index in [0.717, 1.165) is 38.2 Å². The second-order valence-corrected chi connectivity index (χ2v) is 5.22. The maximum absolute atomic E-state index is 11.9. The first-order valence-corrected chi connectivity index (χ1v) is 7.37. The van der Waals surface area contributed by atoms with Crippen molar-refractivity contribution < 1.29 is 13.9 Å². The monoisotopic (exact) mass is 280 g/mol. The molecule has 0 spiro atoms. The van der Waals surface area contributed by atoms with Crippen molar-refractivity contribution in [1.82, 2.24) is 10.2 Å². The first-order valence-electron chi connectivity index (χ1n) is 7.37. The summed E-state index contributed by atoms with van der Waals surface area (Å²) in [4.78, 5) is 13.8. The van der Waals surface area contributed by atoms with Gasteiger partial charge in [0.05, 0.1) is 19.5 Å². The lowest BCUT2D eigenvalue weighted by molar-refractivity contribution is -0.135. The number of carbonyl (C=O) groups excluding carboxylic acids is 1.